The fourth-order valence-corrected chi connectivity index (χ4v) is 6.55. The van der Waals surface area contributed by atoms with Gasteiger partial charge in [-0.25, -0.2) is 4.98 Å². The number of nitrogens with zero attached hydrogens (tertiary/aromatic N) is 10. The average Bonchev–Trinajstić information content (AvgIpc) is 3.70. The summed E-state index contributed by atoms with van der Waals surface area (Å²) in [6.07, 6.45) is 15.1. The second-order valence-corrected chi connectivity index (χ2v) is 16.2. The van der Waals surface area contributed by atoms with Gasteiger partial charge in [0.05, 0.1) is 54.1 Å². The summed E-state index contributed by atoms with van der Waals surface area (Å²) in [6.45, 7) is 15.5. The molecular weight excluding hydrogens is 1270 g/mol. The Morgan fingerprint density at radius 3 is 1.65 bits per heavy atom. The zero-order valence-corrected chi connectivity index (χ0v) is 54.6. The molecule has 0 aliphatic carbocycles. The van der Waals surface area contributed by atoms with E-state index in [1.807, 2.05) is 105 Å². The molecule has 3 N–H and O–H groups in total. The largest absolute Gasteiger partial charge is 0.469 e. The Morgan fingerprint density at radius 2 is 1.17 bits per heavy atom. The van der Waals surface area contributed by atoms with Crippen molar-refractivity contribution in [1.82, 2.24) is 49.4 Å². The molecule has 0 aliphatic heterocycles. The summed E-state index contributed by atoms with van der Waals surface area (Å²) in [4.78, 5) is 59.1. The number of rotatable bonds is 9. The molecule has 0 saturated carbocycles. The number of ether oxygens (including phenoxy) is 2. The van der Waals surface area contributed by atoms with Crippen LogP contribution in [0, 0.1) is 60.1 Å². The molecule has 0 unspecified atom stereocenters. The number of halogens is 2. The van der Waals surface area contributed by atoms with Crippen LogP contribution in [-0.2, 0) is 144 Å². The second-order valence-electron chi connectivity index (χ2n) is 14.8. The van der Waals surface area contributed by atoms with Gasteiger partial charge in [0, 0.05) is 164 Å². The third-order valence-corrected chi connectivity index (χ3v) is 10.9. The number of hydrogen-bond donors (Lipinski definition) is 2. The van der Waals surface area contributed by atoms with E-state index in [0.717, 1.165) is 107 Å². The Bertz CT molecular complexity index is 2930. The fraction of sp³-hybridized carbons (Fsp3) is 0.353. The van der Waals surface area contributed by atoms with Gasteiger partial charge in [0.15, 0.2) is 0 Å². The van der Waals surface area contributed by atoms with Crippen LogP contribution in [0.1, 0.15) is 77.9 Å². The van der Waals surface area contributed by atoms with Gasteiger partial charge >= 0.3 is 11.9 Å². The molecule has 16 nitrogen and oxygen atoms in total. The van der Waals surface area contributed by atoms with Crippen molar-refractivity contribution in [3.05, 3.63) is 136 Å². The molecule has 6 heterocycles. The smallest absolute Gasteiger partial charge is 0.306 e. The van der Waals surface area contributed by atoms with Crippen LogP contribution in [0.15, 0.2) is 60.9 Å². The number of carbonyl (C=O) groups excluding carboxylic acids is 2. The number of fused-ring (bicyclic) bond motifs is 4. The first-order chi connectivity index (χ1) is 33.1. The SMILES string of the molecule is CC.CNc1ccc2ncccc2c1N.COC(=O)CCI.COC(=O)CCc1n[c-]c(C)c(C)n1.Cc1[c-]nc(CCc2nc3c4cccnc4ccc3n2C)nc1C.Cc1[c-]nc(Cl)nc1C.[Y].[Y].[Y]. The van der Waals surface area contributed by atoms with Crippen molar-refractivity contribution >= 4 is 90.3 Å². The van der Waals surface area contributed by atoms with Crippen molar-refractivity contribution in [2.45, 2.75) is 87.5 Å². The van der Waals surface area contributed by atoms with Gasteiger partial charge in [-0.2, -0.15) is 0 Å². The van der Waals surface area contributed by atoms with Crippen LogP contribution < -0.4 is 11.1 Å². The number of nitrogen functional groups attached to an aromatic ring is 1. The molecule has 0 amide bonds. The van der Waals surface area contributed by atoms with Crippen molar-refractivity contribution in [2.75, 3.05) is 36.7 Å². The number of nitrogens with two attached hydrogens (primary N) is 1. The van der Waals surface area contributed by atoms with E-state index in [9.17, 15) is 9.59 Å². The van der Waals surface area contributed by atoms with Gasteiger partial charge in [0.1, 0.15) is 11.1 Å². The zero-order valence-electron chi connectivity index (χ0n) is 43.2. The minimum absolute atomic E-state index is 0. The molecule has 21 heteroatoms. The molecular formula is C51H61ClIN12O4Y3-3. The molecule has 2 aromatic carbocycles. The summed E-state index contributed by atoms with van der Waals surface area (Å²) in [5.74, 6) is 2.11. The average molecular weight is 1340 g/mol. The number of anilines is 2. The molecule has 0 saturated heterocycles. The Kier molecular flexibility index (Phi) is 35.1. The zero-order chi connectivity index (χ0) is 51.0. The maximum Gasteiger partial charge on any atom is 0.306 e. The van der Waals surface area contributed by atoms with Crippen molar-refractivity contribution in [1.29, 1.82) is 0 Å². The topological polar surface area (TPSA) is 212 Å². The van der Waals surface area contributed by atoms with Crippen LogP contribution in [0.4, 0.5) is 11.4 Å². The summed E-state index contributed by atoms with van der Waals surface area (Å²) in [5.41, 5.74) is 17.3. The molecule has 3 radical (unpaired) electrons. The number of pyridine rings is 2. The van der Waals surface area contributed by atoms with E-state index in [1.54, 1.807) is 6.20 Å². The fourth-order valence-electron chi connectivity index (χ4n) is 5.94. The Labute approximate surface area is 518 Å². The first-order valence-electron chi connectivity index (χ1n) is 22.1. The predicted molar refractivity (Wildman–Crippen MR) is 282 cm³/mol. The monoisotopic (exact) mass is 1330 g/mol. The number of aryl methyl sites for hydroxylation is 10. The molecule has 72 heavy (non-hydrogen) atoms. The molecule has 375 valence electrons. The maximum absolute atomic E-state index is 10.8. The predicted octanol–water partition coefficient (Wildman–Crippen LogP) is 9.52. The van der Waals surface area contributed by atoms with Crippen LogP contribution in [0.25, 0.3) is 32.8 Å². The Balaban J connectivity index is 0.000000916. The number of esters is 2. The van der Waals surface area contributed by atoms with Crippen molar-refractivity contribution < 1.29 is 117 Å². The van der Waals surface area contributed by atoms with Gasteiger partial charge < -0.3 is 55.0 Å². The first-order valence-corrected chi connectivity index (χ1v) is 24.0. The molecule has 0 atom stereocenters. The molecule has 8 rings (SSSR count). The number of imidazole rings is 1. The minimum atomic E-state index is -0.244. The summed E-state index contributed by atoms with van der Waals surface area (Å²) >= 11 is 7.59. The van der Waals surface area contributed by atoms with Gasteiger partial charge in [0.2, 0.25) is 0 Å². The van der Waals surface area contributed by atoms with Crippen molar-refractivity contribution in [3.63, 3.8) is 0 Å². The van der Waals surface area contributed by atoms with Crippen LogP contribution in [-0.4, -0.2) is 87.1 Å². The van der Waals surface area contributed by atoms with E-state index in [4.69, 9.17) is 22.3 Å². The number of aromatic nitrogens is 10. The standard InChI is InChI=1S/C19H18N5.C10H11N3.C10H13N2O2.C6H6ClN2.C4H7IO2.C2H6.3Y/c1-12-11-21-17(22-13(12)2)8-9-18-23-19-14-5-4-10-20-15(14)6-7-16(19)24(18)3;1-12-9-5-4-8-7(10(9)11)3-2-6-13-8;1-7-6-11-9(12-8(7)2)4-5-10(13)14-3;1-4-3-8-6(7)9-5(4)2;1-7-4(6)2-3-5;1-2;;;/h4-7,10H,8-9H2,1-3H3;2-6,12H,11H2,1H3;4-5H2,1-3H3;1-2H3;2-3H2,1H3;1-2H3;;;/q-1;;2*-1;;;;;. The van der Waals surface area contributed by atoms with Gasteiger partial charge in [-0.1, -0.05) is 114 Å². The summed E-state index contributed by atoms with van der Waals surface area (Å²) in [7, 11) is 6.68. The van der Waals surface area contributed by atoms with Gasteiger partial charge in [-0.05, 0) is 61.4 Å². The first kappa shape index (κ1) is 68.8. The number of carbonyl (C=O) groups is 2. The third kappa shape index (κ3) is 22.0. The number of alkyl halides is 1. The second kappa shape index (κ2) is 36.7. The van der Waals surface area contributed by atoms with E-state index < -0.39 is 0 Å². The van der Waals surface area contributed by atoms with Crippen LogP contribution in [0.3, 0.4) is 0 Å². The number of benzene rings is 2. The number of nitrogens with one attached hydrogen (secondary N) is 1. The molecule has 0 spiro atoms. The van der Waals surface area contributed by atoms with Crippen LogP contribution >= 0.6 is 34.2 Å². The number of hydrogen-bond acceptors (Lipinski definition) is 15. The normalized spacial score (nSPS) is 9.69. The van der Waals surface area contributed by atoms with E-state index in [0.29, 0.717) is 25.1 Å². The maximum atomic E-state index is 10.8. The van der Waals surface area contributed by atoms with Crippen LogP contribution in [0.2, 0.25) is 5.28 Å². The molecule has 0 aliphatic rings. The third-order valence-electron chi connectivity index (χ3n) is 10.2. The molecule has 0 fully saturated rings. The van der Waals surface area contributed by atoms with Crippen LogP contribution in [0.5, 0.6) is 0 Å². The quantitative estimate of drug-likeness (QED) is 0.0344. The Morgan fingerprint density at radius 1 is 0.681 bits per heavy atom. The molecule has 6 aromatic heterocycles. The molecule has 0 bridgehead atoms. The van der Waals surface area contributed by atoms with Gasteiger partial charge in [-0.3, -0.25) is 19.6 Å². The number of methoxy groups -OCH3 is 2. The van der Waals surface area contributed by atoms with E-state index in [1.165, 1.54) is 14.2 Å². The summed E-state index contributed by atoms with van der Waals surface area (Å²) < 4.78 is 11.9. The van der Waals surface area contributed by atoms with Gasteiger partial charge in [0.25, 0.3) is 0 Å². The van der Waals surface area contributed by atoms with Gasteiger partial charge in [-0.15, -0.1) is 28.3 Å². The summed E-state index contributed by atoms with van der Waals surface area (Å²) in [5, 5.41) is 5.38. The van der Waals surface area contributed by atoms with E-state index >= 15 is 0 Å². The van der Waals surface area contributed by atoms with E-state index in [-0.39, 0.29) is 115 Å². The summed E-state index contributed by atoms with van der Waals surface area (Å²) in [6, 6.07) is 15.9. The van der Waals surface area contributed by atoms with Crippen molar-refractivity contribution in [3.8, 4) is 0 Å². The van der Waals surface area contributed by atoms with E-state index in [2.05, 4.69) is 120 Å². The minimum Gasteiger partial charge on any atom is -0.469 e. The molecule has 8 aromatic rings. The Hall–Kier alpha value is -3.16. The van der Waals surface area contributed by atoms with Crippen molar-refractivity contribution in [2.24, 2.45) is 7.05 Å².